The molecule has 1 atom stereocenters. The summed E-state index contributed by atoms with van der Waals surface area (Å²) in [6, 6.07) is 22.1. The third-order valence-corrected chi connectivity index (χ3v) is 17.3. The predicted octanol–water partition coefficient (Wildman–Crippen LogP) is 9.75. The molecule has 1 saturated carbocycles. The van der Waals surface area contributed by atoms with Crippen molar-refractivity contribution in [2.45, 2.75) is 87.5 Å². The molecule has 400 valence electrons. The number of hydrogen-bond acceptors (Lipinski definition) is 14. The number of rotatable bonds is 15. The number of H-pyrrole nitrogens is 1. The molecule has 76 heavy (non-hydrogen) atoms. The lowest BCUT2D eigenvalue weighted by atomic mass is 9.59. The van der Waals surface area contributed by atoms with Gasteiger partial charge in [-0.3, -0.25) is 24.7 Å². The molecule has 6 aromatic rings. The molecule has 1 amide bonds. The summed E-state index contributed by atoms with van der Waals surface area (Å²) >= 11 is 0. The molecule has 1 spiro atoms. The standard InChI is InChI=1S/C55H59F3N8O9S/c1-34(2)41-5-3-4-6-42(41)46-31-63(30-36-7-8-37(56)24-44(36)57)19-20-65(46)39-27-54(28-39)12-17-64(18-13-54)38-9-10-43(47(25-38)75-40-23-35-11-16-59-52(35)60-29-40)53(67)62-76(70,71)48-26-45(66(68)69)49(51-50(48)73-33-74-51)61-32-55(58)14-21-72-22-15-55/h3-11,16,23-26,29,34,39,46,61H,12-15,17-22,27-28,30-33H2,1-2H3,(H,59,60)(H,62,67). The Labute approximate surface area is 437 Å². The van der Waals surface area contributed by atoms with E-state index >= 15 is 4.39 Å². The molecule has 0 radical (unpaired) electrons. The quantitative estimate of drug-likeness (QED) is 0.0650. The van der Waals surface area contributed by atoms with Gasteiger partial charge < -0.3 is 34.1 Å². The van der Waals surface area contributed by atoms with Crippen molar-refractivity contribution in [3.8, 4) is 23.0 Å². The lowest BCUT2D eigenvalue weighted by molar-refractivity contribution is -0.384. The molecule has 3 N–H and O–H groups in total. The second-order valence-corrected chi connectivity index (χ2v) is 22.7. The fourth-order valence-electron chi connectivity index (χ4n) is 11.8. The second kappa shape index (κ2) is 20.5. The number of carbonyl (C=O) groups is 1. The van der Waals surface area contributed by atoms with Crippen molar-refractivity contribution in [3.63, 3.8) is 0 Å². The molecule has 6 heterocycles. The number of pyridine rings is 1. The van der Waals surface area contributed by atoms with Crippen LogP contribution in [-0.4, -0.2) is 110 Å². The van der Waals surface area contributed by atoms with E-state index in [0.717, 1.165) is 81.6 Å². The number of benzene rings is 4. The number of fused-ring (bicyclic) bond motifs is 2. The van der Waals surface area contributed by atoms with Crippen LogP contribution in [0.2, 0.25) is 0 Å². The maximum absolute atomic E-state index is 15.6. The van der Waals surface area contributed by atoms with Gasteiger partial charge in [0.2, 0.25) is 6.79 Å². The monoisotopic (exact) mass is 1060 g/mol. The zero-order chi connectivity index (χ0) is 52.9. The number of aromatic nitrogens is 2. The molecule has 4 aromatic carbocycles. The topological polar surface area (TPSA) is 194 Å². The number of nitrogens with zero attached hydrogens (tertiary/aromatic N) is 5. The van der Waals surface area contributed by atoms with Crippen LogP contribution < -0.4 is 29.1 Å². The first-order valence-electron chi connectivity index (χ1n) is 25.7. The Hall–Kier alpha value is -6.94. The first kappa shape index (κ1) is 51.2. The molecule has 1 unspecified atom stereocenters. The third-order valence-electron chi connectivity index (χ3n) is 16.0. The number of piperazine rings is 1. The van der Waals surface area contributed by atoms with Crippen molar-refractivity contribution in [2.24, 2.45) is 5.41 Å². The SMILES string of the molecule is CC(C)c1ccccc1C1CN(Cc2ccc(F)cc2F)CCN1C1CC2(CCN(c3ccc(C(=O)NS(=O)(=O)c4cc([N+](=O)[O-])c(NCC5(F)CCOCC5)c5c4OCO5)c(Oc4cnc5[nH]ccc5c4)c3)CC2)C1. The first-order valence-corrected chi connectivity index (χ1v) is 27.2. The number of nitrogens with one attached hydrogen (secondary N) is 3. The lowest BCUT2D eigenvalue weighted by Crippen LogP contribution is -2.60. The maximum Gasteiger partial charge on any atom is 0.297 e. The normalized spacial score (nSPS) is 19.7. The van der Waals surface area contributed by atoms with Gasteiger partial charge in [-0.15, -0.1) is 0 Å². The van der Waals surface area contributed by atoms with E-state index in [-0.39, 0.29) is 78.3 Å². The summed E-state index contributed by atoms with van der Waals surface area (Å²) < 4.78 is 97.5. The molecule has 5 aliphatic rings. The van der Waals surface area contributed by atoms with Gasteiger partial charge in [0.1, 0.15) is 39.3 Å². The maximum atomic E-state index is 15.6. The van der Waals surface area contributed by atoms with Gasteiger partial charge >= 0.3 is 0 Å². The van der Waals surface area contributed by atoms with Crippen molar-refractivity contribution in [2.75, 3.05) is 69.5 Å². The van der Waals surface area contributed by atoms with Crippen LogP contribution in [0.15, 0.2) is 96.2 Å². The summed E-state index contributed by atoms with van der Waals surface area (Å²) in [4.78, 5) is 39.8. The van der Waals surface area contributed by atoms with Gasteiger partial charge in [0.15, 0.2) is 17.2 Å². The Balaban J connectivity index is 0.811. The predicted molar refractivity (Wildman–Crippen MR) is 277 cm³/mol. The number of anilines is 2. The van der Waals surface area contributed by atoms with E-state index in [0.29, 0.717) is 29.7 Å². The van der Waals surface area contributed by atoms with Gasteiger partial charge in [0, 0.05) is 125 Å². The van der Waals surface area contributed by atoms with Gasteiger partial charge in [-0.05, 0) is 78.5 Å². The molecule has 4 aliphatic heterocycles. The van der Waals surface area contributed by atoms with Gasteiger partial charge in [0.05, 0.1) is 16.7 Å². The number of nitro benzene ring substituents is 1. The molecule has 21 heteroatoms. The van der Waals surface area contributed by atoms with Crippen LogP contribution in [0.3, 0.4) is 0 Å². The summed E-state index contributed by atoms with van der Waals surface area (Å²) in [7, 11) is -4.90. The number of sulfonamides is 1. The second-order valence-electron chi connectivity index (χ2n) is 21.1. The number of ether oxygens (including phenoxy) is 4. The van der Waals surface area contributed by atoms with Crippen molar-refractivity contribution in [1.29, 1.82) is 0 Å². The average molecular weight is 1070 g/mol. The highest BCUT2D eigenvalue weighted by Crippen LogP contribution is 2.54. The van der Waals surface area contributed by atoms with Crippen molar-refractivity contribution < 1.29 is 50.3 Å². The number of amides is 1. The molecule has 17 nitrogen and oxygen atoms in total. The summed E-state index contributed by atoms with van der Waals surface area (Å²) in [5.41, 5.74) is 1.71. The third kappa shape index (κ3) is 10.2. The Kier molecular flexibility index (Phi) is 13.8. The van der Waals surface area contributed by atoms with E-state index in [9.17, 15) is 32.1 Å². The van der Waals surface area contributed by atoms with Crippen molar-refractivity contribution in [1.82, 2.24) is 24.5 Å². The Morgan fingerprint density at radius 3 is 2.50 bits per heavy atom. The number of hydrogen-bond donors (Lipinski definition) is 3. The number of piperidine rings is 1. The number of carbonyl (C=O) groups excluding carboxylic acids is 1. The highest BCUT2D eigenvalue weighted by atomic mass is 32.2. The van der Waals surface area contributed by atoms with Crippen LogP contribution in [0, 0.1) is 27.2 Å². The van der Waals surface area contributed by atoms with Crippen LogP contribution in [0.1, 0.15) is 91.4 Å². The minimum absolute atomic E-state index is 0.0449. The Bertz CT molecular complexity index is 3300. The van der Waals surface area contributed by atoms with E-state index in [4.69, 9.17) is 18.9 Å². The summed E-state index contributed by atoms with van der Waals surface area (Å²) in [6.45, 7) is 8.08. The van der Waals surface area contributed by atoms with Gasteiger partial charge in [0.25, 0.3) is 21.6 Å². The largest absolute Gasteiger partial charge is 0.455 e. The molecule has 1 aliphatic carbocycles. The van der Waals surface area contributed by atoms with Gasteiger partial charge in [-0.1, -0.05) is 44.2 Å². The first-order chi connectivity index (χ1) is 36.5. The van der Waals surface area contributed by atoms with E-state index in [1.54, 1.807) is 30.5 Å². The fraction of sp³-hybridized carbons (Fsp3) is 0.418. The molecule has 4 fully saturated rings. The number of halogens is 3. The highest BCUT2D eigenvalue weighted by Gasteiger charge is 2.50. The van der Waals surface area contributed by atoms with Crippen molar-refractivity contribution >= 4 is 44.0 Å². The van der Waals surface area contributed by atoms with E-state index in [1.165, 1.54) is 29.5 Å². The molecular formula is C55H59F3N8O9S. The molecule has 0 bridgehead atoms. The summed E-state index contributed by atoms with van der Waals surface area (Å²) in [6.07, 6.45) is 7.23. The fourth-order valence-corrected chi connectivity index (χ4v) is 12.9. The minimum Gasteiger partial charge on any atom is -0.455 e. The molecule has 3 saturated heterocycles. The summed E-state index contributed by atoms with van der Waals surface area (Å²) in [5.74, 6) is -2.23. The van der Waals surface area contributed by atoms with E-state index < -0.39 is 55.5 Å². The van der Waals surface area contributed by atoms with Gasteiger partial charge in [-0.25, -0.2) is 31.3 Å². The molecular weight excluding hydrogens is 1010 g/mol. The summed E-state index contributed by atoms with van der Waals surface area (Å²) in [5, 5.41) is 15.9. The van der Waals surface area contributed by atoms with Crippen LogP contribution in [0.25, 0.3) is 11.0 Å². The Morgan fingerprint density at radius 2 is 1.74 bits per heavy atom. The lowest BCUT2D eigenvalue weighted by Gasteiger charge is -2.58. The smallest absolute Gasteiger partial charge is 0.297 e. The molecule has 11 rings (SSSR count). The zero-order valence-corrected chi connectivity index (χ0v) is 43.0. The average Bonchev–Trinajstić information content (AvgIpc) is 4.11. The van der Waals surface area contributed by atoms with E-state index in [2.05, 4.69) is 72.8 Å². The van der Waals surface area contributed by atoms with Crippen LogP contribution >= 0.6 is 0 Å². The van der Waals surface area contributed by atoms with Crippen molar-refractivity contribution in [3.05, 3.63) is 135 Å². The minimum atomic E-state index is -4.90. The van der Waals surface area contributed by atoms with Crippen LogP contribution in [0.5, 0.6) is 23.0 Å². The number of nitro groups is 1. The Morgan fingerprint density at radius 1 is 0.961 bits per heavy atom. The highest BCUT2D eigenvalue weighted by molar-refractivity contribution is 7.90. The van der Waals surface area contributed by atoms with Gasteiger partial charge in [-0.2, -0.15) is 0 Å². The van der Waals surface area contributed by atoms with Crippen LogP contribution in [-0.2, 0) is 21.3 Å². The number of aromatic amines is 1. The molecule has 2 aromatic heterocycles. The number of alkyl halides is 1. The zero-order valence-electron chi connectivity index (χ0n) is 42.2. The van der Waals surface area contributed by atoms with E-state index in [1.807, 2.05) is 6.07 Å². The van der Waals surface area contributed by atoms with Crippen LogP contribution in [0.4, 0.5) is 30.2 Å².